The highest BCUT2D eigenvalue weighted by Gasteiger charge is 2.20. The van der Waals surface area contributed by atoms with Crippen LogP contribution in [0.2, 0.25) is 0 Å². The highest BCUT2D eigenvalue weighted by atomic mass is 32.2. The van der Waals surface area contributed by atoms with Crippen LogP contribution in [0.15, 0.2) is 28.5 Å². The van der Waals surface area contributed by atoms with E-state index >= 15 is 0 Å². The maximum absolute atomic E-state index is 12.6. The molecule has 1 fully saturated rings. The highest BCUT2D eigenvalue weighted by Crippen LogP contribution is 2.25. The van der Waals surface area contributed by atoms with Crippen molar-refractivity contribution in [3.05, 3.63) is 34.8 Å². The van der Waals surface area contributed by atoms with Crippen LogP contribution >= 0.6 is 11.3 Å². The number of ether oxygens (including phenoxy) is 1. The number of primary sulfonamides is 1. The van der Waals surface area contributed by atoms with E-state index in [0.29, 0.717) is 5.13 Å². The number of nitrogens with zero attached hydrogens (tertiary/aromatic N) is 2. The molecule has 152 valence electrons. The summed E-state index contributed by atoms with van der Waals surface area (Å²) in [6.07, 6.45) is 2.38. The first-order chi connectivity index (χ1) is 13.3. The molecular weight excluding hydrogens is 400 g/mol. The van der Waals surface area contributed by atoms with Crippen LogP contribution in [0.1, 0.15) is 35.8 Å². The predicted octanol–water partition coefficient (Wildman–Crippen LogP) is 2.28. The number of aromatic nitrogens is 1. The molecule has 0 radical (unpaired) electrons. The van der Waals surface area contributed by atoms with E-state index < -0.39 is 15.9 Å². The van der Waals surface area contributed by atoms with Crippen LogP contribution in [0.4, 0.5) is 5.13 Å². The molecule has 2 heterocycles. The van der Waals surface area contributed by atoms with Crippen molar-refractivity contribution in [2.45, 2.75) is 31.2 Å². The van der Waals surface area contributed by atoms with Crippen LogP contribution < -0.4 is 15.2 Å². The lowest BCUT2D eigenvalue weighted by Crippen LogP contribution is -2.32. The number of thiazole rings is 1. The van der Waals surface area contributed by atoms with Crippen molar-refractivity contribution < 1.29 is 17.9 Å². The van der Waals surface area contributed by atoms with Gasteiger partial charge in [-0.05, 0) is 50.0 Å². The van der Waals surface area contributed by atoms with Crippen molar-refractivity contribution in [3.8, 4) is 5.75 Å². The lowest BCUT2D eigenvalue weighted by molar-refractivity contribution is 0.102. The summed E-state index contributed by atoms with van der Waals surface area (Å²) in [5, 5.41) is 10.2. The molecule has 10 heteroatoms. The number of carbonyl (C=O) groups is 1. The van der Waals surface area contributed by atoms with Crippen LogP contribution in [0.25, 0.3) is 0 Å². The van der Waals surface area contributed by atoms with Gasteiger partial charge in [-0.25, -0.2) is 18.5 Å². The number of likely N-dealkylation sites (tertiary alicyclic amines) is 1. The summed E-state index contributed by atoms with van der Waals surface area (Å²) in [5.41, 5.74) is 0.982. The van der Waals surface area contributed by atoms with Gasteiger partial charge in [0.1, 0.15) is 5.75 Å². The molecule has 1 amide bonds. The van der Waals surface area contributed by atoms with Crippen molar-refractivity contribution in [2.75, 3.05) is 25.5 Å². The zero-order valence-corrected chi connectivity index (χ0v) is 17.5. The molecule has 1 aliphatic heterocycles. The Morgan fingerprint density at radius 1 is 1.39 bits per heavy atom. The van der Waals surface area contributed by atoms with Crippen molar-refractivity contribution in [1.29, 1.82) is 0 Å². The molecule has 0 unspecified atom stereocenters. The first-order valence-corrected chi connectivity index (χ1v) is 11.4. The zero-order valence-electron chi connectivity index (χ0n) is 15.8. The van der Waals surface area contributed by atoms with Crippen LogP contribution in [0, 0.1) is 5.92 Å². The lowest BCUT2D eigenvalue weighted by atomic mass is 9.99. The molecule has 8 nitrogen and oxygen atoms in total. The summed E-state index contributed by atoms with van der Waals surface area (Å²) in [7, 11) is -2.52. The van der Waals surface area contributed by atoms with E-state index in [0.717, 1.165) is 31.2 Å². The molecule has 1 aromatic heterocycles. The van der Waals surface area contributed by atoms with E-state index in [1.807, 2.05) is 5.38 Å². The summed E-state index contributed by atoms with van der Waals surface area (Å²) in [4.78, 5) is 19.3. The number of hydrogen-bond donors (Lipinski definition) is 2. The van der Waals surface area contributed by atoms with Gasteiger partial charge in [-0.1, -0.05) is 6.92 Å². The smallest absolute Gasteiger partial charge is 0.261 e. The van der Waals surface area contributed by atoms with Crippen molar-refractivity contribution in [3.63, 3.8) is 0 Å². The van der Waals surface area contributed by atoms with E-state index in [-0.39, 0.29) is 16.2 Å². The number of amides is 1. The quantitative estimate of drug-likeness (QED) is 0.735. The van der Waals surface area contributed by atoms with E-state index in [4.69, 9.17) is 9.88 Å². The highest BCUT2D eigenvalue weighted by molar-refractivity contribution is 7.89. The first-order valence-electron chi connectivity index (χ1n) is 8.95. The van der Waals surface area contributed by atoms with Gasteiger partial charge in [-0.2, -0.15) is 0 Å². The molecule has 28 heavy (non-hydrogen) atoms. The Labute approximate surface area is 168 Å². The monoisotopic (exact) mass is 424 g/mol. The van der Waals surface area contributed by atoms with Gasteiger partial charge < -0.3 is 4.74 Å². The fourth-order valence-corrected chi connectivity index (χ4v) is 4.33. The van der Waals surface area contributed by atoms with Gasteiger partial charge >= 0.3 is 0 Å². The van der Waals surface area contributed by atoms with Crippen LogP contribution in [0.5, 0.6) is 5.75 Å². The second kappa shape index (κ2) is 8.56. The Morgan fingerprint density at radius 3 is 2.75 bits per heavy atom. The summed E-state index contributed by atoms with van der Waals surface area (Å²) in [6, 6.07) is 3.90. The first kappa shape index (κ1) is 20.7. The number of rotatable bonds is 6. The average molecular weight is 425 g/mol. The fraction of sp³-hybridized carbons (Fsp3) is 0.444. The second-order valence-electron chi connectivity index (χ2n) is 6.96. The zero-order chi connectivity index (χ0) is 20.3. The Morgan fingerprint density at radius 2 is 2.11 bits per heavy atom. The fourth-order valence-electron chi connectivity index (χ4n) is 3.09. The van der Waals surface area contributed by atoms with Crippen molar-refractivity contribution >= 4 is 32.4 Å². The van der Waals surface area contributed by atoms with E-state index in [9.17, 15) is 13.2 Å². The van der Waals surface area contributed by atoms with E-state index in [1.165, 1.54) is 49.5 Å². The number of methoxy groups -OCH3 is 1. The maximum Gasteiger partial charge on any atom is 0.261 e. The lowest BCUT2D eigenvalue weighted by Gasteiger charge is -2.29. The third-order valence-corrected chi connectivity index (χ3v) is 6.50. The minimum Gasteiger partial charge on any atom is -0.496 e. The molecule has 1 aromatic carbocycles. The second-order valence-corrected chi connectivity index (χ2v) is 9.38. The summed E-state index contributed by atoms with van der Waals surface area (Å²) < 4.78 is 28.3. The molecule has 3 rings (SSSR count). The number of carbonyl (C=O) groups excluding carboxylic acids is 1. The molecule has 0 bridgehead atoms. The molecule has 0 aliphatic carbocycles. The van der Waals surface area contributed by atoms with Gasteiger partial charge in [0.2, 0.25) is 10.0 Å². The molecule has 3 N–H and O–H groups in total. The summed E-state index contributed by atoms with van der Waals surface area (Å²) in [6.45, 7) is 5.13. The van der Waals surface area contributed by atoms with E-state index in [2.05, 4.69) is 22.1 Å². The van der Waals surface area contributed by atoms with Gasteiger partial charge in [0, 0.05) is 11.9 Å². The minimum atomic E-state index is -3.93. The Bertz CT molecular complexity index is 950. The molecule has 1 saturated heterocycles. The van der Waals surface area contributed by atoms with Gasteiger partial charge in [0.15, 0.2) is 5.13 Å². The number of anilines is 1. The molecular formula is C18H24N4O4S2. The average Bonchev–Trinajstić information content (AvgIpc) is 3.09. The van der Waals surface area contributed by atoms with Gasteiger partial charge in [-0.3, -0.25) is 15.0 Å². The summed E-state index contributed by atoms with van der Waals surface area (Å²) in [5.74, 6) is 0.517. The predicted molar refractivity (Wildman–Crippen MR) is 108 cm³/mol. The van der Waals surface area contributed by atoms with Crippen molar-refractivity contribution in [2.24, 2.45) is 11.1 Å². The number of sulfonamides is 1. The number of benzene rings is 1. The Kier molecular flexibility index (Phi) is 6.33. The van der Waals surface area contributed by atoms with Crippen LogP contribution in [0.3, 0.4) is 0 Å². The Hall–Kier alpha value is -2.01. The van der Waals surface area contributed by atoms with Gasteiger partial charge in [-0.15, -0.1) is 11.3 Å². The van der Waals surface area contributed by atoms with Gasteiger partial charge in [0.25, 0.3) is 5.91 Å². The third kappa shape index (κ3) is 5.07. The molecule has 0 atom stereocenters. The Balaban J connectivity index is 1.71. The standard InChI is InChI=1S/C18H24N4O4S2/c1-12-5-7-22(8-6-12)10-13-11-27-18(20-13)21-17(23)15-9-14(28(19,24)25)3-4-16(15)26-2/h3-4,9,11-12H,5-8,10H2,1-2H3,(H2,19,24,25)(H,20,21,23). The summed E-state index contributed by atoms with van der Waals surface area (Å²) >= 11 is 1.33. The number of nitrogens with one attached hydrogen (secondary N) is 1. The van der Waals surface area contributed by atoms with E-state index in [1.54, 1.807) is 0 Å². The van der Waals surface area contributed by atoms with Crippen LogP contribution in [-0.4, -0.2) is 44.4 Å². The molecule has 0 saturated carbocycles. The largest absolute Gasteiger partial charge is 0.496 e. The molecule has 1 aliphatic rings. The topological polar surface area (TPSA) is 115 Å². The normalized spacial score (nSPS) is 16.1. The number of hydrogen-bond acceptors (Lipinski definition) is 7. The van der Waals surface area contributed by atoms with Gasteiger partial charge in [0.05, 0.1) is 23.3 Å². The van der Waals surface area contributed by atoms with Crippen molar-refractivity contribution in [1.82, 2.24) is 9.88 Å². The minimum absolute atomic E-state index is 0.0794. The molecule has 2 aromatic rings. The number of piperidine rings is 1. The number of nitrogens with two attached hydrogens (primary N) is 1. The maximum atomic E-state index is 12.6. The molecule has 0 spiro atoms. The van der Waals surface area contributed by atoms with Crippen LogP contribution in [-0.2, 0) is 16.6 Å². The SMILES string of the molecule is COc1ccc(S(N)(=O)=O)cc1C(=O)Nc1nc(CN2CCC(C)CC2)cs1. The third-order valence-electron chi connectivity index (χ3n) is 4.78.